The second-order valence-electron chi connectivity index (χ2n) is 3.51. The molecule has 4 nitrogen and oxygen atoms in total. The molecule has 0 aliphatic carbocycles. The molecule has 0 unspecified atom stereocenters. The van der Waals surface area contributed by atoms with Crippen LogP contribution in [0, 0.1) is 12.9 Å². The third-order valence-corrected chi connectivity index (χ3v) is 2.19. The Morgan fingerprint density at radius 1 is 1.29 bits per heavy atom. The molecule has 0 amide bonds. The van der Waals surface area contributed by atoms with Gasteiger partial charge in [-0.2, -0.15) is 4.39 Å². The average molecular weight is 231 g/mol. The van der Waals surface area contributed by atoms with E-state index in [1.54, 1.807) is 6.20 Å². The highest BCUT2D eigenvalue weighted by molar-refractivity contribution is 5.75. The Hall–Kier alpha value is -2.30. The molecule has 5 heteroatoms. The monoisotopic (exact) mass is 231 g/mol. The van der Waals surface area contributed by atoms with E-state index in [0.717, 1.165) is 5.69 Å². The van der Waals surface area contributed by atoms with Crippen LogP contribution in [0.4, 0.5) is 15.9 Å². The molecule has 0 saturated heterocycles. The van der Waals surface area contributed by atoms with E-state index < -0.39 is 5.95 Å². The number of aryl methyl sites for hydroxylation is 1. The lowest BCUT2D eigenvalue weighted by molar-refractivity contribution is 0.111. The van der Waals surface area contributed by atoms with Crippen molar-refractivity contribution in [1.82, 2.24) is 9.97 Å². The van der Waals surface area contributed by atoms with Crippen molar-refractivity contribution in [2.45, 2.75) is 6.92 Å². The highest BCUT2D eigenvalue weighted by Gasteiger charge is 2.04. The number of rotatable bonds is 3. The van der Waals surface area contributed by atoms with Gasteiger partial charge >= 0.3 is 0 Å². The number of pyridine rings is 2. The van der Waals surface area contributed by atoms with Gasteiger partial charge in [0.2, 0.25) is 5.95 Å². The average Bonchev–Trinajstić information content (AvgIpc) is 2.32. The van der Waals surface area contributed by atoms with E-state index in [2.05, 4.69) is 15.3 Å². The zero-order valence-electron chi connectivity index (χ0n) is 9.14. The SMILES string of the molecule is Cc1ccc(Nc2ccc(C=O)c(F)n2)cn1. The van der Waals surface area contributed by atoms with Gasteiger partial charge in [0.1, 0.15) is 5.82 Å². The largest absolute Gasteiger partial charge is 0.339 e. The zero-order chi connectivity index (χ0) is 12.3. The van der Waals surface area contributed by atoms with Crippen LogP contribution < -0.4 is 5.32 Å². The van der Waals surface area contributed by atoms with Crippen molar-refractivity contribution < 1.29 is 9.18 Å². The van der Waals surface area contributed by atoms with Gasteiger partial charge in [0.15, 0.2) is 6.29 Å². The minimum atomic E-state index is -0.787. The van der Waals surface area contributed by atoms with Crippen molar-refractivity contribution in [2.75, 3.05) is 5.32 Å². The van der Waals surface area contributed by atoms with Gasteiger partial charge in [-0.3, -0.25) is 9.78 Å². The number of halogens is 1. The number of anilines is 2. The Kier molecular flexibility index (Phi) is 3.09. The number of aldehydes is 1. The summed E-state index contributed by atoms with van der Waals surface area (Å²) < 4.78 is 13.2. The first-order chi connectivity index (χ1) is 8.19. The fraction of sp³-hybridized carbons (Fsp3) is 0.0833. The standard InChI is InChI=1S/C12H10FN3O/c1-8-2-4-10(6-14-8)15-11-5-3-9(7-17)12(13)16-11/h2-7H,1H3,(H,15,16). The Morgan fingerprint density at radius 3 is 2.71 bits per heavy atom. The van der Waals surface area contributed by atoms with Crippen molar-refractivity contribution in [3.63, 3.8) is 0 Å². The number of carbonyl (C=O) groups is 1. The fourth-order valence-electron chi connectivity index (χ4n) is 1.29. The summed E-state index contributed by atoms with van der Waals surface area (Å²) in [6.45, 7) is 1.88. The Bertz CT molecular complexity index is 540. The summed E-state index contributed by atoms with van der Waals surface area (Å²) in [5.74, 6) is -0.455. The lowest BCUT2D eigenvalue weighted by Gasteiger charge is -2.05. The molecule has 2 heterocycles. The third-order valence-electron chi connectivity index (χ3n) is 2.19. The van der Waals surface area contributed by atoms with Crippen molar-refractivity contribution in [3.05, 3.63) is 47.7 Å². The molecular weight excluding hydrogens is 221 g/mol. The number of hydrogen-bond acceptors (Lipinski definition) is 4. The number of hydrogen-bond donors (Lipinski definition) is 1. The normalized spacial score (nSPS) is 10.0. The molecule has 0 aromatic carbocycles. The van der Waals surface area contributed by atoms with Gasteiger partial charge in [0, 0.05) is 5.69 Å². The molecule has 0 aliphatic heterocycles. The van der Waals surface area contributed by atoms with Crippen LogP contribution in [0.25, 0.3) is 0 Å². The number of carbonyl (C=O) groups excluding carboxylic acids is 1. The van der Waals surface area contributed by atoms with Gasteiger partial charge in [0.25, 0.3) is 0 Å². The summed E-state index contributed by atoms with van der Waals surface area (Å²) in [5.41, 5.74) is 1.55. The maximum absolute atomic E-state index is 13.2. The summed E-state index contributed by atoms with van der Waals surface area (Å²) in [6, 6.07) is 6.56. The second kappa shape index (κ2) is 4.69. The van der Waals surface area contributed by atoms with Crippen LogP contribution in [-0.2, 0) is 0 Å². The molecule has 2 rings (SSSR count). The van der Waals surface area contributed by atoms with E-state index in [1.807, 2.05) is 19.1 Å². The molecule has 0 saturated carbocycles. The molecule has 0 spiro atoms. The van der Waals surface area contributed by atoms with E-state index in [1.165, 1.54) is 12.1 Å². The molecule has 0 aliphatic rings. The molecule has 0 fully saturated rings. The number of aromatic nitrogens is 2. The Balaban J connectivity index is 2.21. The van der Waals surface area contributed by atoms with E-state index in [0.29, 0.717) is 17.8 Å². The summed E-state index contributed by atoms with van der Waals surface area (Å²) in [4.78, 5) is 18.1. The van der Waals surface area contributed by atoms with Crippen molar-refractivity contribution in [3.8, 4) is 0 Å². The first-order valence-corrected chi connectivity index (χ1v) is 5.00. The Morgan fingerprint density at radius 2 is 2.12 bits per heavy atom. The molecule has 0 bridgehead atoms. The highest BCUT2D eigenvalue weighted by atomic mass is 19.1. The van der Waals surface area contributed by atoms with Crippen LogP contribution >= 0.6 is 0 Å². The summed E-state index contributed by atoms with van der Waals surface area (Å²) in [6.07, 6.45) is 2.06. The predicted octanol–water partition coefficient (Wildman–Crippen LogP) is 2.48. The topological polar surface area (TPSA) is 54.9 Å². The van der Waals surface area contributed by atoms with Crippen LogP contribution in [-0.4, -0.2) is 16.3 Å². The van der Waals surface area contributed by atoms with Gasteiger partial charge in [-0.25, -0.2) is 4.98 Å². The quantitative estimate of drug-likeness (QED) is 0.651. The van der Waals surface area contributed by atoms with Gasteiger partial charge in [0.05, 0.1) is 17.4 Å². The van der Waals surface area contributed by atoms with Crippen molar-refractivity contribution in [2.24, 2.45) is 0 Å². The molecule has 86 valence electrons. The minimum absolute atomic E-state index is 0.0578. The molecule has 2 aromatic heterocycles. The van der Waals surface area contributed by atoms with E-state index >= 15 is 0 Å². The van der Waals surface area contributed by atoms with Crippen molar-refractivity contribution in [1.29, 1.82) is 0 Å². The summed E-state index contributed by atoms with van der Waals surface area (Å²) >= 11 is 0. The van der Waals surface area contributed by atoms with E-state index in [4.69, 9.17) is 0 Å². The van der Waals surface area contributed by atoms with Gasteiger partial charge in [-0.05, 0) is 31.2 Å². The smallest absolute Gasteiger partial charge is 0.225 e. The lowest BCUT2D eigenvalue weighted by Crippen LogP contribution is -1.99. The Labute approximate surface area is 97.5 Å². The third kappa shape index (κ3) is 2.63. The van der Waals surface area contributed by atoms with Crippen LogP contribution in [0.3, 0.4) is 0 Å². The second-order valence-corrected chi connectivity index (χ2v) is 3.51. The van der Waals surface area contributed by atoms with Crippen LogP contribution in [0.2, 0.25) is 0 Å². The first-order valence-electron chi connectivity index (χ1n) is 5.00. The molecule has 2 aromatic rings. The summed E-state index contributed by atoms with van der Waals surface area (Å²) in [7, 11) is 0. The molecular formula is C12H10FN3O. The maximum Gasteiger partial charge on any atom is 0.225 e. The van der Waals surface area contributed by atoms with Gasteiger partial charge in [-0.1, -0.05) is 0 Å². The first kappa shape index (κ1) is 11.2. The van der Waals surface area contributed by atoms with Crippen LogP contribution in [0.1, 0.15) is 16.1 Å². The summed E-state index contributed by atoms with van der Waals surface area (Å²) in [5, 5.41) is 2.89. The zero-order valence-corrected chi connectivity index (χ0v) is 9.14. The van der Waals surface area contributed by atoms with Gasteiger partial charge < -0.3 is 5.32 Å². The fourth-order valence-corrected chi connectivity index (χ4v) is 1.29. The number of nitrogens with zero attached hydrogens (tertiary/aromatic N) is 2. The predicted molar refractivity (Wildman–Crippen MR) is 61.8 cm³/mol. The molecule has 1 N–H and O–H groups in total. The molecule has 0 radical (unpaired) electrons. The van der Waals surface area contributed by atoms with E-state index in [-0.39, 0.29) is 5.56 Å². The van der Waals surface area contributed by atoms with E-state index in [9.17, 15) is 9.18 Å². The number of nitrogens with one attached hydrogen (secondary N) is 1. The van der Waals surface area contributed by atoms with Crippen LogP contribution in [0.5, 0.6) is 0 Å². The lowest BCUT2D eigenvalue weighted by atomic mass is 10.3. The highest BCUT2D eigenvalue weighted by Crippen LogP contribution is 2.14. The minimum Gasteiger partial charge on any atom is -0.339 e. The maximum atomic E-state index is 13.2. The molecule has 17 heavy (non-hydrogen) atoms. The van der Waals surface area contributed by atoms with Crippen molar-refractivity contribution >= 4 is 17.8 Å². The van der Waals surface area contributed by atoms with Gasteiger partial charge in [-0.15, -0.1) is 0 Å². The van der Waals surface area contributed by atoms with Crippen LogP contribution in [0.15, 0.2) is 30.5 Å². The molecule has 0 atom stereocenters.